The monoisotopic (exact) mass is 349 g/mol. The molecule has 26 heavy (non-hydrogen) atoms. The van der Waals surface area contributed by atoms with Crippen molar-refractivity contribution in [1.29, 1.82) is 0 Å². The van der Waals surface area contributed by atoms with Crippen LogP contribution in [0, 0.1) is 6.92 Å². The van der Waals surface area contributed by atoms with E-state index in [-0.39, 0.29) is 5.91 Å². The second-order valence-electron chi connectivity index (χ2n) is 6.80. The van der Waals surface area contributed by atoms with Crippen LogP contribution in [0.4, 0.5) is 5.95 Å². The minimum Gasteiger partial charge on any atom is -0.309 e. The van der Waals surface area contributed by atoms with Crippen LogP contribution in [-0.4, -0.2) is 45.0 Å². The highest BCUT2D eigenvalue weighted by Crippen LogP contribution is 2.20. The zero-order chi connectivity index (χ0) is 17.9. The third kappa shape index (κ3) is 3.46. The van der Waals surface area contributed by atoms with Gasteiger partial charge in [0.25, 0.3) is 5.91 Å². The van der Waals surface area contributed by atoms with Crippen molar-refractivity contribution in [2.24, 2.45) is 0 Å². The van der Waals surface area contributed by atoms with E-state index in [4.69, 9.17) is 0 Å². The number of nitrogens with one attached hydrogen (secondary N) is 1. The Hall–Kier alpha value is -2.73. The molecule has 1 saturated heterocycles. The fourth-order valence-corrected chi connectivity index (χ4v) is 3.41. The van der Waals surface area contributed by atoms with Gasteiger partial charge in [0.2, 0.25) is 5.95 Å². The topological polar surface area (TPSA) is 63.1 Å². The van der Waals surface area contributed by atoms with E-state index in [9.17, 15) is 4.79 Å². The molecule has 1 N–H and O–H groups in total. The lowest BCUT2D eigenvalue weighted by Gasteiger charge is -2.16. The van der Waals surface area contributed by atoms with E-state index in [1.807, 2.05) is 37.3 Å². The molecule has 3 heterocycles. The Morgan fingerprint density at radius 1 is 1.12 bits per heavy atom. The van der Waals surface area contributed by atoms with Gasteiger partial charge in [-0.3, -0.25) is 15.1 Å². The molecule has 0 unspecified atom stereocenters. The van der Waals surface area contributed by atoms with Gasteiger partial charge in [-0.1, -0.05) is 18.2 Å². The number of imidazole rings is 1. The van der Waals surface area contributed by atoms with Crippen LogP contribution in [0.1, 0.15) is 28.9 Å². The van der Waals surface area contributed by atoms with Crippen molar-refractivity contribution in [3.05, 3.63) is 53.9 Å². The van der Waals surface area contributed by atoms with Crippen molar-refractivity contribution in [3.8, 4) is 0 Å². The van der Waals surface area contributed by atoms with Crippen LogP contribution in [0.2, 0.25) is 0 Å². The van der Waals surface area contributed by atoms with E-state index in [1.165, 1.54) is 12.8 Å². The summed E-state index contributed by atoms with van der Waals surface area (Å²) in [6.45, 7) is 6.03. The maximum absolute atomic E-state index is 12.6. The summed E-state index contributed by atoms with van der Waals surface area (Å²) in [5.74, 6) is 0.348. The summed E-state index contributed by atoms with van der Waals surface area (Å²) in [4.78, 5) is 23.9. The Balaban J connectivity index is 1.59. The molecule has 0 atom stereocenters. The fraction of sp³-hybridized carbons (Fsp3) is 0.350. The number of pyridine rings is 1. The summed E-state index contributed by atoms with van der Waals surface area (Å²) in [5.41, 5.74) is 3.35. The molecule has 4 rings (SSSR count). The molecule has 2 aromatic heterocycles. The average molecular weight is 349 g/mol. The fourth-order valence-electron chi connectivity index (χ4n) is 3.41. The number of para-hydroxylation sites is 2. The lowest BCUT2D eigenvalue weighted by molar-refractivity contribution is 0.102. The number of fused-ring (bicyclic) bond motifs is 1. The van der Waals surface area contributed by atoms with Crippen molar-refractivity contribution >= 4 is 22.9 Å². The summed E-state index contributed by atoms with van der Waals surface area (Å²) < 4.78 is 2.10. The number of aromatic nitrogens is 3. The highest BCUT2D eigenvalue weighted by Gasteiger charge is 2.17. The minimum atomic E-state index is -0.234. The summed E-state index contributed by atoms with van der Waals surface area (Å²) in [6, 6.07) is 11.6. The zero-order valence-electron chi connectivity index (χ0n) is 15.0. The van der Waals surface area contributed by atoms with E-state index in [1.54, 1.807) is 12.3 Å². The molecule has 3 aromatic rings. The molecule has 1 aliphatic heterocycles. The summed E-state index contributed by atoms with van der Waals surface area (Å²) in [6.07, 6.45) is 4.24. The van der Waals surface area contributed by atoms with Crippen molar-refractivity contribution in [2.75, 3.05) is 25.0 Å². The average Bonchev–Trinajstić information content (AvgIpc) is 3.28. The summed E-state index contributed by atoms with van der Waals surface area (Å²) >= 11 is 0. The third-order valence-electron chi connectivity index (χ3n) is 4.86. The van der Waals surface area contributed by atoms with Gasteiger partial charge in [-0.05, 0) is 56.6 Å². The molecule has 1 aliphatic rings. The predicted octanol–water partition coefficient (Wildman–Crippen LogP) is 3.09. The molecule has 134 valence electrons. The minimum absolute atomic E-state index is 0.234. The van der Waals surface area contributed by atoms with E-state index < -0.39 is 0 Å². The number of aryl methyl sites for hydroxylation is 1. The van der Waals surface area contributed by atoms with Gasteiger partial charge in [-0.2, -0.15) is 0 Å². The maximum atomic E-state index is 12.6. The number of likely N-dealkylation sites (tertiary alicyclic amines) is 1. The lowest BCUT2D eigenvalue weighted by atomic mass is 10.2. The predicted molar refractivity (Wildman–Crippen MR) is 102 cm³/mol. The van der Waals surface area contributed by atoms with Crippen LogP contribution in [-0.2, 0) is 6.54 Å². The Morgan fingerprint density at radius 3 is 2.69 bits per heavy atom. The number of carbonyl (C=O) groups is 1. The van der Waals surface area contributed by atoms with Crippen LogP contribution < -0.4 is 5.32 Å². The molecule has 1 aromatic carbocycles. The molecule has 6 nitrogen and oxygen atoms in total. The van der Waals surface area contributed by atoms with Gasteiger partial charge >= 0.3 is 0 Å². The number of anilines is 1. The maximum Gasteiger partial charge on any atom is 0.276 e. The van der Waals surface area contributed by atoms with Crippen molar-refractivity contribution < 1.29 is 4.79 Å². The SMILES string of the molecule is Cc1ccc(C(=O)Nc2nc3ccccc3n2CCN2CCCC2)nc1. The van der Waals surface area contributed by atoms with Crippen molar-refractivity contribution in [3.63, 3.8) is 0 Å². The molecule has 1 amide bonds. The largest absolute Gasteiger partial charge is 0.309 e. The van der Waals surface area contributed by atoms with Gasteiger partial charge in [-0.15, -0.1) is 0 Å². The number of carbonyl (C=O) groups excluding carboxylic acids is 1. The quantitative estimate of drug-likeness (QED) is 0.769. The first-order valence-corrected chi connectivity index (χ1v) is 9.12. The van der Waals surface area contributed by atoms with Gasteiger partial charge in [-0.25, -0.2) is 4.98 Å². The number of hydrogen-bond acceptors (Lipinski definition) is 4. The Morgan fingerprint density at radius 2 is 1.92 bits per heavy atom. The lowest BCUT2D eigenvalue weighted by Crippen LogP contribution is -2.25. The molecule has 0 spiro atoms. The highest BCUT2D eigenvalue weighted by molar-refractivity contribution is 6.02. The van der Waals surface area contributed by atoms with E-state index in [2.05, 4.69) is 24.8 Å². The van der Waals surface area contributed by atoms with Crippen LogP contribution in [0.5, 0.6) is 0 Å². The molecule has 0 radical (unpaired) electrons. The summed E-state index contributed by atoms with van der Waals surface area (Å²) in [5, 5.41) is 2.94. The van der Waals surface area contributed by atoms with E-state index >= 15 is 0 Å². The van der Waals surface area contributed by atoms with Crippen LogP contribution in [0.15, 0.2) is 42.6 Å². The zero-order valence-corrected chi connectivity index (χ0v) is 15.0. The van der Waals surface area contributed by atoms with Crippen LogP contribution in [0.3, 0.4) is 0 Å². The number of nitrogens with zero attached hydrogens (tertiary/aromatic N) is 4. The second-order valence-corrected chi connectivity index (χ2v) is 6.80. The first-order chi connectivity index (χ1) is 12.7. The van der Waals surface area contributed by atoms with Gasteiger partial charge in [0.1, 0.15) is 5.69 Å². The molecule has 0 bridgehead atoms. The highest BCUT2D eigenvalue weighted by atomic mass is 16.2. The van der Waals surface area contributed by atoms with Gasteiger partial charge in [0.05, 0.1) is 11.0 Å². The van der Waals surface area contributed by atoms with Gasteiger partial charge < -0.3 is 9.47 Å². The first-order valence-electron chi connectivity index (χ1n) is 9.12. The number of rotatable bonds is 5. The molecule has 6 heteroatoms. The smallest absolute Gasteiger partial charge is 0.276 e. The number of benzene rings is 1. The molecule has 0 saturated carbocycles. The van der Waals surface area contributed by atoms with Gasteiger partial charge in [0.15, 0.2) is 0 Å². The molecular weight excluding hydrogens is 326 g/mol. The van der Waals surface area contributed by atoms with Crippen molar-refractivity contribution in [1.82, 2.24) is 19.4 Å². The van der Waals surface area contributed by atoms with Crippen LogP contribution >= 0.6 is 0 Å². The molecule has 1 fully saturated rings. The third-order valence-corrected chi connectivity index (χ3v) is 4.86. The van der Waals surface area contributed by atoms with Crippen LogP contribution in [0.25, 0.3) is 11.0 Å². The summed E-state index contributed by atoms with van der Waals surface area (Å²) in [7, 11) is 0. The number of amides is 1. The normalized spacial score (nSPS) is 14.8. The first kappa shape index (κ1) is 16.7. The Bertz CT molecular complexity index is 910. The molecular formula is C20H23N5O. The van der Waals surface area contributed by atoms with Gasteiger partial charge in [0, 0.05) is 19.3 Å². The van der Waals surface area contributed by atoms with Crippen molar-refractivity contribution in [2.45, 2.75) is 26.3 Å². The van der Waals surface area contributed by atoms with E-state index in [0.29, 0.717) is 11.6 Å². The second kappa shape index (κ2) is 7.25. The standard InChI is InChI=1S/C20H23N5O/c1-15-8-9-17(21-14-15)19(26)23-20-22-16-6-2-3-7-18(16)25(20)13-12-24-10-4-5-11-24/h2-3,6-9,14H,4-5,10-13H2,1H3,(H,22,23,26). The Labute approximate surface area is 152 Å². The molecule has 0 aliphatic carbocycles. The number of hydrogen-bond donors (Lipinski definition) is 1. The van der Waals surface area contributed by atoms with E-state index in [0.717, 1.165) is 42.8 Å². The Kier molecular flexibility index (Phi) is 4.67.